The Morgan fingerprint density at radius 3 is 2.44 bits per heavy atom. The van der Waals surface area contributed by atoms with Crippen molar-refractivity contribution >= 4 is 0 Å². The van der Waals surface area contributed by atoms with Gasteiger partial charge in [0.15, 0.2) is 5.43 Å². The molecule has 1 heterocycles. The van der Waals surface area contributed by atoms with Crippen LogP contribution in [0.1, 0.15) is 5.56 Å². The van der Waals surface area contributed by atoms with E-state index in [4.69, 9.17) is 0 Å². The lowest BCUT2D eigenvalue weighted by Crippen LogP contribution is -2.06. The molecule has 0 saturated heterocycles. The second-order valence-corrected chi connectivity index (χ2v) is 3.44. The normalized spacial score (nSPS) is 10.4. The van der Waals surface area contributed by atoms with E-state index in [1.807, 2.05) is 0 Å². The van der Waals surface area contributed by atoms with Crippen LogP contribution in [0.4, 0.5) is 8.78 Å². The molecule has 0 fully saturated rings. The number of aromatic nitrogens is 1. The van der Waals surface area contributed by atoms with E-state index >= 15 is 0 Å². The van der Waals surface area contributed by atoms with Crippen molar-refractivity contribution in [3.63, 3.8) is 0 Å². The van der Waals surface area contributed by atoms with E-state index < -0.39 is 11.6 Å². The first-order valence-corrected chi connectivity index (χ1v) is 4.75. The lowest BCUT2D eigenvalue weighted by Gasteiger charge is -2.06. The summed E-state index contributed by atoms with van der Waals surface area (Å²) in [6.07, 6.45) is 3.07. The van der Waals surface area contributed by atoms with Gasteiger partial charge in [0.1, 0.15) is 11.6 Å². The average Bonchev–Trinajstić information content (AvgIpc) is 2.27. The predicted octanol–water partition coefficient (Wildman–Crippen LogP) is 2.17. The standard InChI is InChI=1S/C12H9F2NO/c13-10-1-2-12(14)9(7-10)8-15-5-3-11(16)4-6-15/h1-7H,8H2. The molecule has 0 aliphatic rings. The molecule has 0 aliphatic carbocycles. The Kier molecular flexibility index (Phi) is 2.81. The highest BCUT2D eigenvalue weighted by Crippen LogP contribution is 2.10. The minimum absolute atomic E-state index is 0.115. The van der Waals surface area contributed by atoms with Crippen LogP contribution >= 0.6 is 0 Å². The smallest absolute Gasteiger partial charge is 0.181 e. The number of halogens is 2. The fourth-order valence-electron chi connectivity index (χ4n) is 1.41. The van der Waals surface area contributed by atoms with E-state index in [0.717, 1.165) is 18.2 Å². The van der Waals surface area contributed by atoms with Crippen molar-refractivity contribution in [2.75, 3.05) is 0 Å². The van der Waals surface area contributed by atoms with Crippen molar-refractivity contribution in [2.24, 2.45) is 0 Å². The number of hydrogen-bond acceptors (Lipinski definition) is 1. The number of rotatable bonds is 2. The first-order valence-electron chi connectivity index (χ1n) is 4.75. The Labute approximate surface area is 90.8 Å². The quantitative estimate of drug-likeness (QED) is 0.761. The SMILES string of the molecule is O=c1ccn(Cc2cc(F)ccc2F)cc1. The summed E-state index contributed by atoms with van der Waals surface area (Å²) >= 11 is 0. The molecule has 0 saturated carbocycles. The first kappa shape index (κ1) is 10.5. The van der Waals surface area contributed by atoms with Crippen LogP contribution in [0.3, 0.4) is 0 Å². The van der Waals surface area contributed by atoms with Crippen LogP contribution in [0, 0.1) is 11.6 Å². The van der Waals surface area contributed by atoms with Crippen molar-refractivity contribution in [2.45, 2.75) is 6.54 Å². The Morgan fingerprint density at radius 2 is 1.75 bits per heavy atom. The maximum atomic E-state index is 13.3. The van der Waals surface area contributed by atoms with E-state index in [0.29, 0.717) is 0 Å². The Balaban J connectivity index is 2.30. The third-order valence-electron chi connectivity index (χ3n) is 2.22. The van der Waals surface area contributed by atoms with Crippen LogP contribution in [0.2, 0.25) is 0 Å². The van der Waals surface area contributed by atoms with Gasteiger partial charge in [0.2, 0.25) is 0 Å². The number of pyridine rings is 1. The molecule has 4 heteroatoms. The lowest BCUT2D eigenvalue weighted by atomic mass is 10.2. The highest BCUT2D eigenvalue weighted by atomic mass is 19.1. The van der Waals surface area contributed by atoms with Crippen LogP contribution < -0.4 is 5.43 Å². The minimum Gasteiger partial charge on any atom is -0.350 e. The van der Waals surface area contributed by atoms with Crippen LogP contribution in [-0.4, -0.2) is 4.57 Å². The van der Waals surface area contributed by atoms with E-state index in [9.17, 15) is 13.6 Å². The molecular formula is C12H9F2NO. The van der Waals surface area contributed by atoms with Gasteiger partial charge in [-0.05, 0) is 18.2 Å². The van der Waals surface area contributed by atoms with Crippen LogP contribution in [0.15, 0.2) is 47.5 Å². The van der Waals surface area contributed by atoms with Gasteiger partial charge in [0.05, 0.1) is 0 Å². The van der Waals surface area contributed by atoms with Gasteiger partial charge in [0, 0.05) is 36.6 Å². The molecule has 2 nitrogen and oxygen atoms in total. The fraction of sp³-hybridized carbons (Fsp3) is 0.0833. The molecule has 0 amide bonds. The maximum Gasteiger partial charge on any atom is 0.181 e. The fourth-order valence-corrected chi connectivity index (χ4v) is 1.41. The Morgan fingerprint density at radius 1 is 1.06 bits per heavy atom. The molecule has 16 heavy (non-hydrogen) atoms. The van der Waals surface area contributed by atoms with Gasteiger partial charge in [-0.2, -0.15) is 0 Å². The molecule has 0 atom stereocenters. The molecule has 0 aliphatic heterocycles. The van der Waals surface area contributed by atoms with E-state index in [2.05, 4.69) is 0 Å². The van der Waals surface area contributed by atoms with Crippen LogP contribution in [0.25, 0.3) is 0 Å². The Bertz CT molecular complexity index is 543. The molecule has 2 rings (SSSR count). The summed E-state index contributed by atoms with van der Waals surface area (Å²) in [6, 6.07) is 6.05. The monoisotopic (exact) mass is 221 g/mol. The lowest BCUT2D eigenvalue weighted by molar-refractivity contribution is 0.576. The molecule has 1 aromatic carbocycles. The van der Waals surface area contributed by atoms with Crippen molar-refractivity contribution in [3.05, 3.63) is 70.1 Å². The summed E-state index contributed by atoms with van der Waals surface area (Å²) in [4.78, 5) is 10.8. The van der Waals surface area contributed by atoms with Crippen LogP contribution in [0.5, 0.6) is 0 Å². The topological polar surface area (TPSA) is 22.0 Å². The van der Waals surface area contributed by atoms with Gasteiger partial charge < -0.3 is 4.57 Å². The van der Waals surface area contributed by atoms with E-state index in [1.54, 1.807) is 4.57 Å². The zero-order valence-corrected chi connectivity index (χ0v) is 8.36. The predicted molar refractivity (Wildman–Crippen MR) is 56.2 cm³/mol. The van der Waals surface area contributed by atoms with Gasteiger partial charge >= 0.3 is 0 Å². The van der Waals surface area contributed by atoms with Gasteiger partial charge in [-0.3, -0.25) is 4.79 Å². The van der Waals surface area contributed by atoms with Gasteiger partial charge in [0.25, 0.3) is 0 Å². The van der Waals surface area contributed by atoms with Gasteiger partial charge in [-0.15, -0.1) is 0 Å². The summed E-state index contributed by atoms with van der Waals surface area (Å²) in [5.41, 5.74) is 0.139. The molecule has 0 radical (unpaired) electrons. The summed E-state index contributed by atoms with van der Waals surface area (Å²) < 4.78 is 27.8. The summed E-state index contributed by atoms with van der Waals surface area (Å²) in [5.74, 6) is -0.933. The molecule has 2 aromatic rings. The summed E-state index contributed by atoms with van der Waals surface area (Å²) in [6.45, 7) is 0.198. The third kappa shape index (κ3) is 2.34. The van der Waals surface area contributed by atoms with E-state index in [1.165, 1.54) is 24.5 Å². The molecular weight excluding hydrogens is 212 g/mol. The number of nitrogens with zero attached hydrogens (tertiary/aromatic N) is 1. The van der Waals surface area contributed by atoms with Gasteiger partial charge in [-0.25, -0.2) is 8.78 Å². The number of benzene rings is 1. The second-order valence-electron chi connectivity index (χ2n) is 3.44. The zero-order valence-electron chi connectivity index (χ0n) is 8.36. The van der Waals surface area contributed by atoms with Gasteiger partial charge in [-0.1, -0.05) is 0 Å². The van der Waals surface area contributed by atoms with Crippen LogP contribution in [-0.2, 0) is 6.54 Å². The second kappa shape index (κ2) is 4.26. The van der Waals surface area contributed by atoms with Crippen molar-refractivity contribution in [3.8, 4) is 0 Å². The molecule has 0 unspecified atom stereocenters. The van der Waals surface area contributed by atoms with E-state index in [-0.39, 0.29) is 17.5 Å². The molecule has 0 N–H and O–H groups in total. The third-order valence-corrected chi connectivity index (χ3v) is 2.22. The summed E-state index contributed by atoms with van der Waals surface area (Å²) in [7, 11) is 0. The highest BCUT2D eigenvalue weighted by Gasteiger charge is 2.03. The molecule has 1 aromatic heterocycles. The molecule has 0 spiro atoms. The molecule has 82 valence electrons. The molecule has 0 bridgehead atoms. The maximum absolute atomic E-state index is 13.3. The average molecular weight is 221 g/mol. The summed E-state index contributed by atoms with van der Waals surface area (Å²) in [5, 5.41) is 0. The van der Waals surface area contributed by atoms with Crippen molar-refractivity contribution in [1.29, 1.82) is 0 Å². The minimum atomic E-state index is -0.475. The van der Waals surface area contributed by atoms with Crippen molar-refractivity contribution in [1.82, 2.24) is 4.57 Å². The highest BCUT2D eigenvalue weighted by molar-refractivity contribution is 5.19. The van der Waals surface area contributed by atoms with Crippen molar-refractivity contribution < 1.29 is 8.78 Å². The Hall–Kier alpha value is -1.97. The largest absolute Gasteiger partial charge is 0.350 e. The number of hydrogen-bond donors (Lipinski definition) is 0. The first-order chi connectivity index (χ1) is 7.65. The zero-order chi connectivity index (χ0) is 11.5.